The zero-order valence-electron chi connectivity index (χ0n) is 13.2. The highest BCUT2D eigenvalue weighted by Gasteiger charge is 2.07. The summed E-state index contributed by atoms with van der Waals surface area (Å²) in [5.41, 5.74) is 3.30. The van der Waals surface area contributed by atoms with Crippen LogP contribution in [0.2, 0.25) is 0 Å². The Bertz CT molecular complexity index is 672. The van der Waals surface area contributed by atoms with Gasteiger partial charge in [-0.2, -0.15) is 9.67 Å². The van der Waals surface area contributed by atoms with E-state index in [2.05, 4.69) is 10.5 Å². The standard InChI is InChI=1S/C17H19N3O3/c1-3-23-15-8-7-14(11-16(15)22-2)12-18-19-17(21)13-20-9-5-4-6-10-20/h4-12H,3,13H2,1-2H3/p+1/b18-12+. The SMILES string of the molecule is CCOc1ccc(/C=N/NC(=O)C[n+]2ccccc2)cc1OC. The molecule has 0 fully saturated rings. The molecule has 2 aromatic rings. The van der Waals surface area contributed by atoms with Gasteiger partial charge in [0, 0.05) is 12.1 Å². The van der Waals surface area contributed by atoms with Crippen LogP contribution in [0.3, 0.4) is 0 Å². The number of carbonyl (C=O) groups excluding carboxylic acids is 1. The fourth-order valence-corrected chi connectivity index (χ4v) is 1.96. The van der Waals surface area contributed by atoms with Crippen LogP contribution in [-0.2, 0) is 11.3 Å². The molecule has 120 valence electrons. The summed E-state index contributed by atoms with van der Waals surface area (Å²) < 4.78 is 12.5. The topological polar surface area (TPSA) is 63.8 Å². The number of nitrogens with zero attached hydrogens (tertiary/aromatic N) is 2. The molecule has 1 aromatic carbocycles. The molecule has 6 nitrogen and oxygen atoms in total. The van der Waals surface area contributed by atoms with Gasteiger partial charge in [-0.3, -0.25) is 4.79 Å². The van der Waals surface area contributed by atoms with Gasteiger partial charge in [0.25, 0.3) is 0 Å². The molecule has 0 saturated heterocycles. The number of hydrogen-bond donors (Lipinski definition) is 1. The van der Waals surface area contributed by atoms with Crippen LogP contribution in [-0.4, -0.2) is 25.8 Å². The molecule has 1 aromatic heterocycles. The summed E-state index contributed by atoms with van der Waals surface area (Å²) in [4.78, 5) is 11.8. The molecule has 0 atom stereocenters. The number of amides is 1. The number of methoxy groups -OCH3 is 1. The Morgan fingerprint density at radius 1 is 1.26 bits per heavy atom. The van der Waals surface area contributed by atoms with Crippen LogP contribution in [0.25, 0.3) is 0 Å². The summed E-state index contributed by atoms with van der Waals surface area (Å²) in [6.45, 7) is 2.69. The molecule has 0 bridgehead atoms. The molecule has 1 heterocycles. The van der Waals surface area contributed by atoms with E-state index in [-0.39, 0.29) is 12.5 Å². The minimum atomic E-state index is -0.199. The Morgan fingerprint density at radius 3 is 2.74 bits per heavy atom. The Hall–Kier alpha value is -2.89. The number of hydrogen-bond acceptors (Lipinski definition) is 4. The van der Waals surface area contributed by atoms with E-state index in [4.69, 9.17) is 9.47 Å². The number of ether oxygens (including phenoxy) is 2. The smallest absolute Gasteiger partial charge is 0.305 e. The van der Waals surface area contributed by atoms with E-state index in [0.29, 0.717) is 18.1 Å². The maximum atomic E-state index is 11.8. The lowest BCUT2D eigenvalue weighted by atomic mass is 10.2. The van der Waals surface area contributed by atoms with Crippen LogP contribution in [0.1, 0.15) is 12.5 Å². The first-order valence-corrected chi connectivity index (χ1v) is 7.29. The number of aromatic nitrogens is 1. The van der Waals surface area contributed by atoms with Crippen LogP contribution in [0, 0.1) is 0 Å². The van der Waals surface area contributed by atoms with Gasteiger partial charge < -0.3 is 9.47 Å². The first-order valence-electron chi connectivity index (χ1n) is 7.29. The second-order valence-corrected chi connectivity index (χ2v) is 4.68. The molecule has 0 unspecified atom stereocenters. The first kappa shape index (κ1) is 16.5. The minimum absolute atomic E-state index is 0.199. The van der Waals surface area contributed by atoms with E-state index < -0.39 is 0 Å². The number of carbonyl (C=O) groups is 1. The second-order valence-electron chi connectivity index (χ2n) is 4.68. The Morgan fingerprint density at radius 2 is 2.04 bits per heavy atom. The molecule has 0 aliphatic rings. The molecule has 2 rings (SSSR count). The second kappa shape index (κ2) is 8.53. The monoisotopic (exact) mass is 314 g/mol. The highest BCUT2D eigenvalue weighted by atomic mass is 16.5. The van der Waals surface area contributed by atoms with Crippen molar-refractivity contribution in [1.82, 2.24) is 5.43 Å². The van der Waals surface area contributed by atoms with Crippen LogP contribution >= 0.6 is 0 Å². The van der Waals surface area contributed by atoms with Crippen molar-refractivity contribution in [2.45, 2.75) is 13.5 Å². The van der Waals surface area contributed by atoms with Crippen molar-refractivity contribution < 1.29 is 18.8 Å². The first-order chi connectivity index (χ1) is 11.2. The van der Waals surface area contributed by atoms with Crippen molar-refractivity contribution in [2.75, 3.05) is 13.7 Å². The number of rotatable bonds is 7. The summed E-state index contributed by atoms with van der Waals surface area (Å²) in [5, 5.41) is 3.95. The lowest BCUT2D eigenvalue weighted by Crippen LogP contribution is -2.40. The Labute approximate surface area is 135 Å². The molecule has 1 amide bonds. The van der Waals surface area contributed by atoms with Crippen LogP contribution < -0.4 is 19.5 Å². The van der Waals surface area contributed by atoms with E-state index in [0.717, 1.165) is 5.56 Å². The van der Waals surface area contributed by atoms with Crippen LogP contribution in [0.4, 0.5) is 0 Å². The average Bonchev–Trinajstić information content (AvgIpc) is 2.57. The molecule has 0 saturated carbocycles. The Balaban J connectivity index is 1.93. The summed E-state index contributed by atoms with van der Waals surface area (Å²) in [7, 11) is 1.58. The third-order valence-corrected chi connectivity index (χ3v) is 2.99. The van der Waals surface area contributed by atoms with Gasteiger partial charge >= 0.3 is 5.91 Å². The maximum Gasteiger partial charge on any atom is 0.305 e. The highest BCUT2D eigenvalue weighted by molar-refractivity contribution is 5.82. The predicted molar refractivity (Wildman–Crippen MR) is 86.5 cm³/mol. The van der Waals surface area contributed by atoms with Gasteiger partial charge in [-0.1, -0.05) is 6.07 Å². The van der Waals surface area contributed by atoms with E-state index >= 15 is 0 Å². The van der Waals surface area contributed by atoms with Gasteiger partial charge in [-0.25, -0.2) is 5.43 Å². The zero-order valence-corrected chi connectivity index (χ0v) is 13.2. The molecule has 0 aliphatic heterocycles. The van der Waals surface area contributed by atoms with Crippen molar-refractivity contribution in [3.05, 3.63) is 54.4 Å². The molecular formula is C17H20N3O3+. The van der Waals surface area contributed by atoms with E-state index in [1.807, 2.05) is 49.6 Å². The van der Waals surface area contributed by atoms with Gasteiger partial charge in [0.1, 0.15) is 0 Å². The largest absolute Gasteiger partial charge is 0.493 e. The fraction of sp³-hybridized carbons (Fsp3) is 0.235. The van der Waals surface area contributed by atoms with Crippen molar-refractivity contribution in [3.8, 4) is 11.5 Å². The molecule has 1 N–H and O–H groups in total. The Kier molecular flexibility index (Phi) is 6.11. The van der Waals surface area contributed by atoms with E-state index in [1.54, 1.807) is 24.0 Å². The van der Waals surface area contributed by atoms with Crippen LogP contribution in [0.5, 0.6) is 11.5 Å². The van der Waals surface area contributed by atoms with Crippen molar-refractivity contribution in [3.63, 3.8) is 0 Å². The van der Waals surface area contributed by atoms with Crippen LogP contribution in [0.15, 0.2) is 53.9 Å². The van der Waals surface area contributed by atoms with Crippen molar-refractivity contribution >= 4 is 12.1 Å². The molecule has 0 spiro atoms. The minimum Gasteiger partial charge on any atom is -0.493 e. The number of benzene rings is 1. The van der Waals surface area contributed by atoms with E-state index in [1.165, 1.54) is 0 Å². The third-order valence-electron chi connectivity index (χ3n) is 2.99. The fourth-order valence-electron chi connectivity index (χ4n) is 1.96. The van der Waals surface area contributed by atoms with E-state index in [9.17, 15) is 4.79 Å². The van der Waals surface area contributed by atoms with Gasteiger partial charge in [-0.15, -0.1) is 0 Å². The quantitative estimate of drug-likeness (QED) is 0.479. The average molecular weight is 314 g/mol. The van der Waals surface area contributed by atoms with Gasteiger partial charge in [0.05, 0.1) is 19.9 Å². The van der Waals surface area contributed by atoms with Gasteiger partial charge in [0.15, 0.2) is 23.9 Å². The number of hydrazone groups is 1. The van der Waals surface area contributed by atoms with Gasteiger partial charge in [-0.05, 0) is 30.7 Å². The predicted octanol–water partition coefficient (Wildman–Crippen LogP) is 1.53. The zero-order chi connectivity index (χ0) is 16.5. The maximum absolute atomic E-state index is 11.8. The molecule has 0 radical (unpaired) electrons. The summed E-state index contributed by atoms with van der Waals surface area (Å²) in [6.07, 6.45) is 5.20. The molecule has 0 aliphatic carbocycles. The lowest BCUT2D eigenvalue weighted by Gasteiger charge is -2.09. The molecule has 23 heavy (non-hydrogen) atoms. The summed E-state index contributed by atoms with van der Waals surface area (Å²) in [5.74, 6) is 1.11. The number of pyridine rings is 1. The normalized spacial score (nSPS) is 10.5. The number of nitrogens with one attached hydrogen (secondary N) is 1. The van der Waals surface area contributed by atoms with Gasteiger partial charge in [0.2, 0.25) is 6.54 Å². The summed E-state index contributed by atoms with van der Waals surface area (Å²) >= 11 is 0. The van der Waals surface area contributed by atoms with Crippen molar-refractivity contribution in [2.24, 2.45) is 5.10 Å². The highest BCUT2D eigenvalue weighted by Crippen LogP contribution is 2.27. The lowest BCUT2D eigenvalue weighted by molar-refractivity contribution is -0.684. The summed E-state index contributed by atoms with van der Waals surface area (Å²) in [6, 6.07) is 11.1. The third kappa shape index (κ3) is 5.10. The molecule has 6 heteroatoms. The van der Waals surface area contributed by atoms with Crippen molar-refractivity contribution in [1.29, 1.82) is 0 Å². The molecular weight excluding hydrogens is 294 g/mol.